The molecule has 26 heavy (non-hydrogen) atoms. The largest absolute Gasteiger partial charge is 0.481 e. The average Bonchev–Trinajstić information content (AvgIpc) is 2.68. The molecule has 0 aliphatic heterocycles. The predicted molar refractivity (Wildman–Crippen MR) is 101 cm³/mol. The number of ether oxygens (including phenoxy) is 1. The number of hydrogen-bond acceptors (Lipinski definition) is 3. The van der Waals surface area contributed by atoms with Crippen molar-refractivity contribution in [1.82, 2.24) is 5.32 Å². The van der Waals surface area contributed by atoms with Crippen LogP contribution < -0.4 is 10.1 Å². The van der Waals surface area contributed by atoms with Crippen LogP contribution in [0.3, 0.4) is 0 Å². The number of benzene rings is 2. The van der Waals surface area contributed by atoms with E-state index in [-0.39, 0.29) is 17.7 Å². The van der Waals surface area contributed by atoms with E-state index < -0.39 is 6.10 Å². The second-order valence-corrected chi connectivity index (χ2v) is 6.71. The van der Waals surface area contributed by atoms with E-state index in [0.717, 1.165) is 19.3 Å². The Morgan fingerprint density at radius 1 is 1.15 bits per heavy atom. The maximum Gasteiger partial charge on any atom is 0.261 e. The van der Waals surface area contributed by atoms with Crippen LogP contribution in [0.4, 0.5) is 0 Å². The van der Waals surface area contributed by atoms with Crippen molar-refractivity contribution < 1.29 is 14.3 Å². The van der Waals surface area contributed by atoms with Gasteiger partial charge in [-0.25, -0.2) is 0 Å². The van der Waals surface area contributed by atoms with Crippen molar-refractivity contribution in [2.24, 2.45) is 0 Å². The summed E-state index contributed by atoms with van der Waals surface area (Å²) >= 11 is 0. The molecule has 0 saturated heterocycles. The highest BCUT2D eigenvalue weighted by Crippen LogP contribution is 2.29. The smallest absolute Gasteiger partial charge is 0.261 e. The van der Waals surface area contributed by atoms with Gasteiger partial charge in [-0.05, 0) is 61.6 Å². The monoisotopic (exact) mass is 351 g/mol. The molecule has 136 valence electrons. The van der Waals surface area contributed by atoms with E-state index >= 15 is 0 Å². The fourth-order valence-corrected chi connectivity index (χ4v) is 3.37. The number of aryl methyl sites for hydroxylation is 1. The molecule has 0 aromatic heterocycles. The first-order chi connectivity index (χ1) is 12.6. The number of amides is 1. The van der Waals surface area contributed by atoms with Crippen molar-refractivity contribution in [2.45, 2.75) is 51.7 Å². The van der Waals surface area contributed by atoms with E-state index in [9.17, 15) is 9.59 Å². The number of fused-ring (bicyclic) bond motifs is 1. The van der Waals surface area contributed by atoms with Crippen molar-refractivity contribution in [3.05, 3.63) is 65.2 Å². The van der Waals surface area contributed by atoms with E-state index in [0.29, 0.717) is 17.7 Å². The van der Waals surface area contributed by atoms with E-state index in [2.05, 4.69) is 17.4 Å². The highest BCUT2D eigenvalue weighted by atomic mass is 16.5. The Kier molecular flexibility index (Phi) is 5.71. The first-order valence-electron chi connectivity index (χ1n) is 9.26. The quantitative estimate of drug-likeness (QED) is 0.792. The number of rotatable bonds is 6. The minimum atomic E-state index is -0.600. The summed E-state index contributed by atoms with van der Waals surface area (Å²) in [4.78, 5) is 24.2. The van der Waals surface area contributed by atoms with Gasteiger partial charge in [0.2, 0.25) is 0 Å². The summed E-state index contributed by atoms with van der Waals surface area (Å²) in [5.41, 5.74) is 3.19. The van der Waals surface area contributed by atoms with E-state index in [1.54, 1.807) is 31.2 Å². The Hall–Kier alpha value is -2.62. The molecule has 4 nitrogen and oxygen atoms in total. The Morgan fingerprint density at radius 2 is 1.88 bits per heavy atom. The minimum Gasteiger partial charge on any atom is -0.481 e. The standard InChI is InChI=1S/C22H25NO3/c1-3-21(24)17-11-13-18(14-12-17)26-15(2)22(25)23-20-10-6-8-16-7-4-5-9-19(16)20/h4-5,7,9,11-15,20H,3,6,8,10H2,1-2H3,(H,23,25)/t15-,20-/m1/s1. The molecule has 1 aliphatic rings. The van der Waals surface area contributed by atoms with Crippen LogP contribution in [-0.2, 0) is 11.2 Å². The van der Waals surface area contributed by atoms with Gasteiger partial charge in [-0.3, -0.25) is 9.59 Å². The summed E-state index contributed by atoms with van der Waals surface area (Å²) in [6, 6.07) is 15.3. The van der Waals surface area contributed by atoms with Gasteiger partial charge in [0.05, 0.1) is 6.04 Å². The van der Waals surface area contributed by atoms with E-state index in [1.807, 2.05) is 19.1 Å². The van der Waals surface area contributed by atoms with Crippen LogP contribution in [0.15, 0.2) is 48.5 Å². The highest BCUT2D eigenvalue weighted by molar-refractivity contribution is 5.95. The lowest BCUT2D eigenvalue weighted by molar-refractivity contribution is -0.128. The van der Waals surface area contributed by atoms with Crippen molar-refractivity contribution in [3.63, 3.8) is 0 Å². The summed E-state index contributed by atoms with van der Waals surface area (Å²) in [5.74, 6) is 0.558. The zero-order chi connectivity index (χ0) is 18.5. The third-order valence-electron chi connectivity index (χ3n) is 4.87. The SMILES string of the molecule is CCC(=O)c1ccc(O[C@H](C)C(=O)N[C@@H]2CCCc3ccccc32)cc1. The zero-order valence-corrected chi connectivity index (χ0v) is 15.3. The average molecular weight is 351 g/mol. The van der Waals surface area contributed by atoms with Gasteiger partial charge < -0.3 is 10.1 Å². The van der Waals surface area contributed by atoms with Crippen molar-refractivity contribution in [2.75, 3.05) is 0 Å². The highest BCUT2D eigenvalue weighted by Gasteiger charge is 2.24. The topological polar surface area (TPSA) is 55.4 Å². The molecule has 0 spiro atoms. The molecule has 0 fully saturated rings. The number of carbonyl (C=O) groups excluding carboxylic acids is 2. The molecule has 2 aromatic rings. The molecular formula is C22H25NO3. The summed E-state index contributed by atoms with van der Waals surface area (Å²) in [7, 11) is 0. The number of nitrogens with one attached hydrogen (secondary N) is 1. The molecular weight excluding hydrogens is 326 g/mol. The van der Waals surface area contributed by atoms with Crippen molar-refractivity contribution in [3.8, 4) is 5.75 Å². The van der Waals surface area contributed by atoms with Crippen LogP contribution in [0.5, 0.6) is 5.75 Å². The number of Topliss-reactive ketones (excluding diaryl/α,β-unsaturated/α-hetero) is 1. The fourth-order valence-electron chi connectivity index (χ4n) is 3.37. The van der Waals surface area contributed by atoms with Gasteiger partial charge in [0.25, 0.3) is 5.91 Å². The van der Waals surface area contributed by atoms with E-state index in [4.69, 9.17) is 4.74 Å². The Labute approximate surface area is 154 Å². The van der Waals surface area contributed by atoms with Gasteiger partial charge in [0.15, 0.2) is 11.9 Å². The van der Waals surface area contributed by atoms with Gasteiger partial charge in [-0.15, -0.1) is 0 Å². The molecule has 0 heterocycles. The lowest BCUT2D eigenvalue weighted by Crippen LogP contribution is -2.39. The summed E-state index contributed by atoms with van der Waals surface area (Å²) in [6.07, 6.45) is 2.96. The maximum atomic E-state index is 12.6. The molecule has 1 amide bonds. The lowest BCUT2D eigenvalue weighted by Gasteiger charge is -2.27. The molecule has 0 saturated carbocycles. The van der Waals surface area contributed by atoms with Crippen LogP contribution in [0.1, 0.15) is 60.6 Å². The molecule has 4 heteroatoms. The zero-order valence-electron chi connectivity index (χ0n) is 15.3. The molecule has 1 N–H and O–H groups in total. The number of hydrogen-bond donors (Lipinski definition) is 1. The van der Waals surface area contributed by atoms with Crippen molar-refractivity contribution in [1.29, 1.82) is 0 Å². The van der Waals surface area contributed by atoms with Crippen LogP contribution >= 0.6 is 0 Å². The molecule has 3 rings (SSSR count). The molecule has 1 aliphatic carbocycles. The lowest BCUT2D eigenvalue weighted by atomic mass is 9.87. The summed E-state index contributed by atoms with van der Waals surface area (Å²) in [5, 5.41) is 3.12. The maximum absolute atomic E-state index is 12.6. The van der Waals surface area contributed by atoms with Crippen molar-refractivity contribution >= 4 is 11.7 Å². The van der Waals surface area contributed by atoms with Gasteiger partial charge in [0.1, 0.15) is 5.75 Å². The molecule has 2 atom stereocenters. The summed E-state index contributed by atoms with van der Waals surface area (Å²) < 4.78 is 5.75. The molecule has 2 aromatic carbocycles. The Morgan fingerprint density at radius 3 is 2.62 bits per heavy atom. The minimum absolute atomic E-state index is 0.0445. The predicted octanol–water partition coefficient (Wildman–Crippen LogP) is 4.24. The normalized spacial score (nSPS) is 17.1. The molecule has 0 radical (unpaired) electrons. The Bertz CT molecular complexity index is 782. The molecule has 0 bridgehead atoms. The van der Waals surface area contributed by atoms with Gasteiger partial charge >= 0.3 is 0 Å². The number of ketones is 1. The fraction of sp³-hybridized carbons (Fsp3) is 0.364. The molecule has 0 unspecified atom stereocenters. The van der Waals surface area contributed by atoms with Crippen LogP contribution in [0, 0.1) is 0 Å². The first kappa shape index (κ1) is 18.2. The third kappa shape index (κ3) is 4.13. The second kappa shape index (κ2) is 8.17. The summed E-state index contributed by atoms with van der Waals surface area (Å²) in [6.45, 7) is 3.58. The van der Waals surface area contributed by atoms with E-state index in [1.165, 1.54) is 11.1 Å². The van der Waals surface area contributed by atoms with Crippen LogP contribution in [-0.4, -0.2) is 17.8 Å². The van der Waals surface area contributed by atoms with Gasteiger partial charge in [-0.2, -0.15) is 0 Å². The first-order valence-corrected chi connectivity index (χ1v) is 9.26. The Balaban J connectivity index is 1.61. The second-order valence-electron chi connectivity index (χ2n) is 6.71. The van der Waals surface area contributed by atoms with Gasteiger partial charge in [0, 0.05) is 12.0 Å². The van der Waals surface area contributed by atoms with Crippen LogP contribution in [0.2, 0.25) is 0 Å². The number of carbonyl (C=O) groups is 2. The van der Waals surface area contributed by atoms with Crippen LogP contribution in [0.25, 0.3) is 0 Å². The third-order valence-corrected chi connectivity index (χ3v) is 4.87. The van der Waals surface area contributed by atoms with Gasteiger partial charge in [-0.1, -0.05) is 31.2 Å².